The third-order valence-corrected chi connectivity index (χ3v) is 9.36. The highest BCUT2D eigenvalue weighted by Crippen LogP contribution is 2.34. The molecule has 4 fully saturated rings. The fourth-order valence-electron chi connectivity index (χ4n) is 6.27. The van der Waals surface area contributed by atoms with E-state index in [4.69, 9.17) is 0 Å². The van der Waals surface area contributed by atoms with Crippen molar-refractivity contribution in [2.75, 3.05) is 26.2 Å². The normalized spacial score (nSPS) is 23.2. The maximum atomic E-state index is 11.6. The first-order valence-corrected chi connectivity index (χ1v) is 17.2. The first kappa shape index (κ1) is 50.8. The molecule has 2 aliphatic carbocycles. The van der Waals surface area contributed by atoms with E-state index < -0.39 is 22.4 Å². The number of ketones is 4. The molecule has 0 aromatic carbocycles. The van der Waals surface area contributed by atoms with E-state index in [2.05, 4.69) is 10.6 Å². The number of nitrogens with one attached hydrogen (secondary N) is 2. The quantitative estimate of drug-likeness (QED) is 0.199. The van der Waals surface area contributed by atoms with Crippen LogP contribution in [0.15, 0.2) is 0 Å². The zero-order valence-corrected chi connectivity index (χ0v) is 29.3. The zero-order valence-electron chi connectivity index (χ0n) is 29.3. The van der Waals surface area contributed by atoms with Crippen LogP contribution in [0.1, 0.15) is 148 Å². The molecule has 0 bridgehead atoms. The Labute approximate surface area is 293 Å². The lowest BCUT2D eigenvalue weighted by molar-refractivity contribution is -0.149. The minimum Gasteiger partial charge on any atom is -0.382 e. The molecule has 0 radical (unpaired) electrons. The molecule has 2 saturated carbocycles. The molecule has 286 valence electrons. The lowest BCUT2D eigenvalue weighted by Crippen LogP contribution is -2.49. The summed E-state index contributed by atoms with van der Waals surface area (Å²) in [5, 5.41) is 45.2. The summed E-state index contributed by atoms with van der Waals surface area (Å²) in [6, 6.07) is 0. The zero-order chi connectivity index (χ0) is 34.6. The summed E-state index contributed by atoms with van der Waals surface area (Å²) < 4.78 is 0. The van der Waals surface area contributed by atoms with Crippen molar-refractivity contribution >= 4 is 23.1 Å². The lowest BCUT2D eigenvalue weighted by atomic mass is 9.74. The first-order chi connectivity index (χ1) is 20.7. The van der Waals surface area contributed by atoms with E-state index in [1.165, 1.54) is 0 Å². The third-order valence-electron chi connectivity index (χ3n) is 9.36. The van der Waals surface area contributed by atoms with Crippen LogP contribution in [0.25, 0.3) is 0 Å². The molecule has 0 aromatic rings. The number of Topliss-reactive ketones (excluding diaryl/α,β-unsaturated/α-hetero) is 4. The van der Waals surface area contributed by atoms with Gasteiger partial charge in [-0.1, -0.05) is 96.9 Å². The highest BCUT2D eigenvalue weighted by molar-refractivity contribution is 5.90. The van der Waals surface area contributed by atoms with Gasteiger partial charge in [-0.15, -0.1) is 0 Å². The Hall–Kier alpha value is -1.56. The Morgan fingerprint density at radius 3 is 0.958 bits per heavy atom. The number of carbonyl (C=O) groups is 4. The molecule has 0 amide bonds. The Bertz CT molecular complexity index is 914. The predicted molar refractivity (Wildman–Crippen MR) is 196 cm³/mol. The summed E-state index contributed by atoms with van der Waals surface area (Å²) in [5.41, 5.74) is -4.03. The molecule has 2 aliphatic heterocycles. The number of aliphatic hydroxyl groups is 4. The van der Waals surface area contributed by atoms with Crippen LogP contribution in [-0.4, -0.2) is 92.1 Å². The van der Waals surface area contributed by atoms with Gasteiger partial charge in [0.1, 0.15) is 22.4 Å². The number of rotatable bonds is 8. The van der Waals surface area contributed by atoms with Gasteiger partial charge in [-0.2, -0.15) is 0 Å². The van der Waals surface area contributed by atoms with Gasteiger partial charge in [0.15, 0.2) is 23.1 Å². The van der Waals surface area contributed by atoms with Crippen molar-refractivity contribution in [2.45, 2.75) is 171 Å². The topological polar surface area (TPSA) is 173 Å². The second kappa shape index (κ2) is 22.3. The number of hydrogen-bond donors (Lipinski definition) is 6. The van der Waals surface area contributed by atoms with Gasteiger partial charge in [-0.25, -0.2) is 0 Å². The molecule has 1 unspecified atom stereocenters. The predicted octanol–water partition coefficient (Wildman–Crippen LogP) is 5.20. The van der Waals surface area contributed by atoms with E-state index in [1.807, 2.05) is 55.4 Å². The van der Waals surface area contributed by atoms with Crippen molar-refractivity contribution in [3.05, 3.63) is 0 Å². The molecular formula is C38H76N2O8. The Morgan fingerprint density at radius 2 is 0.688 bits per heavy atom. The summed E-state index contributed by atoms with van der Waals surface area (Å²) in [6.07, 6.45) is 8.51. The Morgan fingerprint density at radius 1 is 0.417 bits per heavy atom. The highest BCUT2D eigenvalue weighted by Gasteiger charge is 2.43. The van der Waals surface area contributed by atoms with Crippen LogP contribution >= 0.6 is 0 Å². The summed E-state index contributed by atoms with van der Waals surface area (Å²) in [4.78, 5) is 45.7. The number of hydrogen-bond acceptors (Lipinski definition) is 10. The summed E-state index contributed by atoms with van der Waals surface area (Å²) in [5.74, 6) is -0.196. The van der Waals surface area contributed by atoms with Crippen molar-refractivity contribution < 1.29 is 39.6 Å². The van der Waals surface area contributed by atoms with Gasteiger partial charge in [0.2, 0.25) is 0 Å². The monoisotopic (exact) mass is 689 g/mol. The van der Waals surface area contributed by atoms with Crippen molar-refractivity contribution in [3.63, 3.8) is 0 Å². The van der Waals surface area contributed by atoms with Gasteiger partial charge in [-0.05, 0) is 71.0 Å². The van der Waals surface area contributed by atoms with Crippen LogP contribution in [0.2, 0.25) is 0 Å². The van der Waals surface area contributed by atoms with Crippen LogP contribution in [0, 0.1) is 23.7 Å². The minimum atomic E-state index is -1.08. The Kier molecular flexibility index (Phi) is 23.6. The minimum absolute atomic E-state index is 0. The van der Waals surface area contributed by atoms with E-state index in [9.17, 15) is 39.6 Å². The molecule has 10 nitrogen and oxygen atoms in total. The van der Waals surface area contributed by atoms with E-state index >= 15 is 0 Å². The van der Waals surface area contributed by atoms with Crippen LogP contribution < -0.4 is 10.6 Å². The molecule has 10 heteroatoms. The van der Waals surface area contributed by atoms with Gasteiger partial charge >= 0.3 is 0 Å². The number of piperidine rings is 1. The van der Waals surface area contributed by atoms with Gasteiger partial charge in [0.25, 0.3) is 0 Å². The van der Waals surface area contributed by atoms with Crippen molar-refractivity contribution in [2.24, 2.45) is 23.7 Å². The summed E-state index contributed by atoms with van der Waals surface area (Å²) in [7, 11) is 0. The average molecular weight is 689 g/mol. The third kappa shape index (κ3) is 14.7. The van der Waals surface area contributed by atoms with Crippen molar-refractivity contribution in [3.8, 4) is 0 Å². The standard InChI is InChI=1S/C10H18O2.C9H17NO2.C8H15NO2.C8H14O2.3CH4/c1-8(2)9(11)10(12)6-4-3-5-7-10;1-7(2)8(11)9(12)3-5-10-6-4-9;1-6(2)7(10)8(11)3-4-9-5-8;1-6(2)7(9)8(10)4-3-5-8;;;/h8,12H,3-7H2,1-2H3;7,10,12H,3-6H2,1-2H3;6,9,11H,3-5H2,1-2H3;6,10H,3-5H2,1-2H3;3*1H4. The lowest BCUT2D eigenvalue weighted by Gasteiger charge is -2.36. The molecular weight excluding hydrogens is 612 g/mol. The smallest absolute Gasteiger partial charge is 0.168 e. The number of β-amino-alcohol motifs (C(OH)–C–C–N with tert-alkyl or cyclic N) is 1. The second-order valence-electron chi connectivity index (χ2n) is 14.8. The summed E-state index contributed by atoms with van der Waals surface area (Å²) in [6.45, 7) is 17.3. The largest absolute Gasteiger partial charge is 0.382 e. The van der Waals surface area contributed by atoms with Gasteiger partial charge in [0, 0.05) is 30.2 Å². The van der Waals surface area contributed by atoms with Gasteiger partial charge < -0.3 is 31.1 Å². The van der Waals surface area contributed by atoms with Crippen LogP contribution in [0.3, 0.4) is 0 Å². The van der Waals surface area contributed by atoms with Gasteiger partial charge in [0.05, 0.1) is 0 Å². The highest BCUT2D eigenvalue weighted by atomic mass is 16.3. The molecule has 6 N–H and O–H groups in total. The van der Waals surface area contributed by atoms with Gasteiger partial charge in [-0.3, -0.25) is 19.2 Å². The maximum absolute atomic E-state index is 11.6. The first-order valence-electron chi connectivity index (χ1n) is 17.2. The molecule has 4 aliphatic rings. The van der Waals surface area contributed by atoms with Crippen molar-refractivity contribution in [1.82, 2.24) is 10.6 Å². The number of carbonyl (C=O) groups excluding carboxylic acids is 4. The Balaban J connectivity index is -0.000000552. The SMILES string of the molecule is C.C.C.CC(C)C(=O)C1(O)CCC1.CC(C)C(=O)C1(O)CCCCC1.CC(C)C(=O)C1(O)CCNC1.CC(C)C(=O)C1(O)CCNCC1. The molecule has 4 rings (SSSR count). The average Bonchev–Trinajstić information content (AvgIpc) is 3.43. The van der Waals surface area contributed by atoms with E-state index in [1.54, 1.807) is 0 Å². The second-order valence-corrected chi connectivity index (χ2v) is 14.8. The van der Waals surface area contributed by atoms with Crippen molar-refractivity contribution in [1.29, 1.82) is 0 Å². The molecule has 1 atom stereocenters. The maximum Gasteiger partial charge on any atom is 0.168 e. The fraction of sp³-hybridized carbons (Fsp3) is 0.895. The van der Waals surface area contributed by atoms with Crippen LogP contribution in [0.5, 0.6) is 0 Å². The van der Waals surface area contributed by atoms with Crippen LogP contribution in [-0.2, 0) is 19.2 Å². The molecule has 0 spiro atoms. The fourth-order valence-corrected chi connectivity index (χ4v) is 6.27. The van der Waals surface area contributed by atoms with Crippen LogP contribution in [0.4, 0.5) is 0 Å². The van der Waals surface area contributed by atoms with E-state index in [0.717, 1.165) is 45.3 Å². The molecule has 48 heavy (non-hydrogen) atoms. The molecule has 0 aromatic heterocycles. The van der Waals surface area contributed by atoms with E-state index in [0.29, 0.717) is 51.5 Å². The summed E-state index contributed by atoms with van der Waals surface area (Å²) >= 11 is 0. The van der Waals surface area contributed by atoms with E-state index in [-0.39, 0.29) is 69.1 Å². The molecule has 2 saturated heterocycles. The molecule has 2 heterocycles.